The van der Waals surface area contributed by atoms with E-state index in [2.05, 4.69) is 0 Å². The van der Waals surface area contributed by atoms with Crippen LogP contribution in [0, 0.1) is 0 Å². The first-order chi connectivity index (χ1) is 9.38. The zero-order chi connectivity index (χ0) is 16.5. The molecule has 0 aliphatic rings. The molecule has 0 saturated carbocycles. The van der Waals surface area contributed by atoms with E-state index >= 15 is 0 Å². The first-order valence-electron chi connectivity index (χ1n) is 6.50. The zero-order valence-corrected chi connectivity index (χ0v) is 14.1. The molecule has 0 amide bonds. The third-order valence-corrected chi connectivity index (χ3v) is 4.67. The van der Waals surface area contributed by atoms with Gasteiger partial charge in [0.05, 0.1) is 18.3 Å². The summed E-state index contributed by atoms with van der Waals surface area (Å²) in [7, 11) is -0.546. The van der Waals surface area contributed by atoms with Gasteiger partial charge in [-0.3, -0.25) is 0 Å². The number of rotatable bonds is 6. The molecular weight excluding hydrogens is 291 g/mol. The molecule has 0 aliphatic carbocycles. The Labute approximate surface area is 127 Å². The second-order valence-corrected chi connectivity index (χ2v) is 7.97. The molecule has 0 aromatic heterocycles. The van der Waals surface area contributed by atoms with Crippen molar-refractivity contribution < 1.29 is 22.9 Å². The average Bonchev–Trinajstić information content (AvgIpc) is 2.33. The molecule has 1 aromatic rings. The molecule has 21 heavy (non-hydrogen) atoms. The Morgan fingerprint density at radius 3 is 2.19 bits per heavy atom. The van der Waals surface area contributed by atoms with Crippen molar-refractivity contribution in [2.45, 2.75) is 43.8 Å². The molecule has 1 rings (SSSR count). The van der Waals surface area contributed by atoms with E-state index < -0.39 is 21.0 Å². The predicted octanol–water partition coefficient (Wildman–Crippen LogP) is 0.909. The zero-order valence-electron chi connectivity index (χ0n) is 13.3. The third-order valence-electron chi connectivity index (χ3n) is 3.55. The molecular formula is C14H22BO5S. The molecule has 0 saturated heterocycles. The molecule has 0 bridgehead atoms. The Bertz CT molecular complexity index is 602. The van der Waals surface area contributed by atoms with Crippen LogP contribution in [0.25, 0.3) is 0 Å². The van der Waals surface area contributed by atoms with Crippen LogP contribution in [0.2, 0.25) is 0 Å². The maximum Gasteiger partial charge on any atom is 0.330 e. The lowest BCUT2D eigenvalue weighted by Crippen LogP contribution is -2.49. The highest BCUT2D eigenvalue weighted by atomic mass is 32.2. The van der Waals surface area contributed by atoms with Gasteiger partial charge < -0.3 is 14.5 Å². The van der Waals surface area contributed by atoms with Crippen LogP contribution in [-0.4, -0.2) is 45.6 Å². The van der Waals surface area contributed by atoms with Crippen LogP contribution in [0.5, 0.6) is 5.75 Å². The first kappa shape index (κ1) is 18.0. The summed E-state index contributed by atoms with van der Waals surface area (Å²) in [6.07, 6.45) is 1.12. The number of ether oxygens (including phenoxy) is 1. The largest absolute Gasteiger partial charge is 0.495 e. The fraction of sp³-hybridized carbons (Fsp3) is 0.571. The Morgan fingerprint density at radius 1 is 1.19 bits per heavy atom. The molecule has 5 nitrogen and oxygen atoms in total. The first-order valence-corrected chi connectivity index (χ1v) is 8.39. The van der Waals surface area contributed by atoms with Gasteiger partial charge in [0.1, 0.15) is 10.6 Å². The van der Waals surface area contributed by atoms with Gasteiger partial charge in [-0.1, -0.05) is 11.5 Å². The van der Waals surface area contributed by atoms with Crippen molar-refractivity contribution in [2.75, 3.05) is 13.4 Å². The molecule has 1 radical (unpaired) electrons. The summed E-state index contributed by atoms with van der Waals surface area (Å²) in [5.41, 5.74) is -1.29. The Balaban J connectivity index is 3.02. The number of hydrogen-bond acceptors (Lipinski definition) is 5. The summed E-state index contributed by atoms with van der Waals surface area (Å²) in [6.45, 7) is 6.81. The number of methoxy groups -OCH3 is 1. The van der Waals surface area contributed by atoms with Gasteiger partial charge in [-0.05, 0) is 39.8 Å². The van der Waals surface area contributed by atoms with Gasteiger partial charge in [0.15, 0.2) is 9.84 Å². The van der Waals surface area contributed by atoms with E-state index in [9.17, 15) is 13.5 Å². The van der Waals surface area contributed by atoms with Gasteiger partial charge in [-0.15, -0.1) is 0 Å². The maximum atomic E-state index is 11.8. The summed E-state index contributed by atoms with van der Waals surface area (Å²) in [5, 5.41) is 10.0. The maximum absolute atomic E-state index is 11.8. The Morgan fingerprint density at radius 2 is 1.76 bits per heavy atom. The van der Waals surface area contributed by atoms with Crippen molar-refractivity contribution in [1.82, 2.24) is 0 Å². The van der Waals surface area contributed by atoms with Crippen LogP contribution in [0.15, 0.2) is 23.1 Å². The van der Waals surface area contributed by atoms with Gasteiger partial charge >= 0.3 is 7.48 Å². The highest BCUT2D eigenvalue weighted by Gasteiger charge is 2.35. The molecule has 1 N–H and O–H groups in total. The topological polar surface area (TPSA) is 72.8 Å². The molecule has 0 heterocycles. The standard InChI is InChI=1S/C14H22BO5S/c1-13(2,16)14(3,4)20-15-10-7-8-11(19-5)12(9-10)21(6,17)18/h7-9,16H,1-6H3. The van der Waals surface area contributed by atoms with Gasteiger partial charge in [0, 0.05) is 6.26 Å². The van der Waals surface area contributed by atoms with Crippen LogP contribution in [0.4, 0.5) is 0 Å². The number of sulfone groups is 1. The lowest BCUT2D eigenvalue weighted by atomic mass is 9.82. The van der Waals surface area contributed by atoms with Gasteiger partial charge in [0.25, 0.3) is 0 Å². The van der Waals surface area contributed by atoms with Crippen molar-refractivity contribution in [1.29, 1.82) is 0 Å². The summed E-state index contributed by atoms with van der Waals surface area (Å²) in [6, 6.07) is 4.74. The summed E-state index contributed by atoms with van der Waals surface area (Å²) < 4.78 is 34.2. The molecule has 0 aliphatic heterocycles. The van der Waals surface area contributed by atoms with E-state index in [1.807, 2.05) is 0 Å². The smallest absolute Gasteiger partial charge is 0.330 e. The normalized spacial score (nSPS) is 13.1. The van der Waals surface area contributed by atoms with Crippen molar-refractivity contribution in [3.63, 3.8) is 0 Å². The molecule has 117 valence electrons. The van der Waals surface area contributed by atoms with Crippen LogP contribution in [0.3, 0.4) is 0 Å². The molecule has 7 heteroatoms. The van der Waals surface area contributed by atoms with E-state index in [0.29, 0.717) is 5.46 Å². The SMILES string of the molecule is COc1ccc([B]OC(C)(C)C(C)(C)O)cc1S(C)(=O)=O. The van der Waals surface area contributed by atoms with Crippen LogP contribution in [-0.2, 0) is 14.5 Å². The molecule has 0 atom stereocenters. The number of benzene rings is 1. The second kappa shape index (κ2) is 5.98. The van der Waals surface area contributed by atoms with Crippen molar-refractivity contribution in [3.05, 3.63) is 18.2 Å². The average molecular weight is 313 g/mol. The summed E-state index contributed by atoms with van der Waals surface area (Å²) in [5.74, 6) is 0.288. The van der Waals surface area contributed by atoms with Crippen molar-refractivity contribution >= 4 is 22.8 Å². The molecule has 0 spiro atoms. The van der Waals surface area contributed by atoms with Crippen LogP contribution < -0.4 is 10.2 Å². The minimum atomic E-state index is -3.40. The minimum absolute atomic E-state index is 0.100. The lowest BCUT2D eigenvalue weighted by molar-refractivity contribution is -0.0893. The fourth-order valence-corrected chi connectivity index (χ4v) is 2.28. The van der Waals surface area contributed by atoms with Crippen molar-refractivity contribution in [2.24, 2.45) is 0 Å². The van der Waals surface area contributed by atoms with Crippen LogP contribution >= 0.6 is 0 Å². The number of hydrogen-bond donors (Lipinski definition) is 1. The molecule has 0 fully saturated rings. The van der Waals surface area contributed by atoms with E-state index in [4.69, 9.17) is 9.39 Å². The Hall–Kier alpha value is -1.05. The molecule has 1 aromatic carbocycles. The highest BCUT2D eigenvalue weighted by Crippen LogP contribution is 2.25. The van der Waals surface area contributed by atoms with E-state index in [1.54, 1.807) is 39.8 Å². The van der Waals surface area contributed by atoms with Gasteiger partial charge in [-0.25, -0.2) is 8.42 Å². The van der Waals surface area contributed by atoms with Gasteiger partial charge in [-0.2, -0.15) is 0 Å². The summed E-state index contributed by atoms with van der Waals surface area (Å²) in [4.78, 5) is 0.100. The minimum Gasteiger partial charge on any atom is -0.495 e. The monoisotopic (exact) mass is 313 g/mol. The quantitative estimate of drug-likeness (QED) is 0.790. The van der Waals surface area contributed by atoms with E-state index in [0.717, 1.165) is 6.26 Å². The summed E-state index contributed by atoms with van der Waals surface area (Å²) >= 11 is 0. The fourth-order valence-electron chi connectivity index (χ4n) is 1.42. The number of aliphatic hydroxyl groups is 1. The predicted molar refractivity (Wildman–Crippen MR) is 83.0 cm³/mol. The third kappa shape index (κ3) is 4.46. The van der Waals surface area contributed by atoms with E-state index in [1.165, 1.54) is 20.7 Å². The van der Waals surface area contributed by atoms with Crippen molar-refractivity contribution in [3.8, 4) is 5.75 Å². The van der Waals surface area contributed by atoms with Gasteiger partial charge in [0.2, 0.25) is 0 Å². The highest BCUT2D eigenvalue weighted by molar-refractivity contribution is 7.90. The Kier molecular flexibility index (Phi) is 5.13. The molecule has 0 unspecified atom stereocenters. The second-order valence-electron chi connectivity index (χ2n) is 5.99. The van der Waals surface area contributed by atoms with E-state index in [-0.39, 0.29) is 10.6 Å². The van der Waals surface area contributed by atoms with Crippen LogP contribution in [0.1, 0.15) is 27.7 Å². The lowest BCUT2D eigenvalue weighted by Gasteiger charge is -2.37.